The van der Waals surface area contributed by atoms with Crippen LogP contribution in [0.1, 0.15) is 45.4 Å². The number of rotatable bonds is 8. The molecule has 0 atom stereocenters. The predicted octanol–water partition coefficient (Wildman–Crippen LogP) is 4.77. The number of anilines is 1. The van der Waals surface area contributed by atoms with E-state index in [9.17, 15) is 0 Å². The van der Waals surface area contributed by atoms with Gasteiger partial charge in [-0.3, -0.25) is 4.72 Å². The first-order chi connectivity index (χ1) is 9.24. The molecule has 0 saturated heterocycles. The molecule has 110 valence electrons. The number of benzene rings is 1. The molecule has 0 fully saturated rings. The summed E-state index contributed by atoms with van der Waals surface area (Å²) in [5.41, 5.74) is 6.30. The lowest BCUT2D eigenvalue weighted by molar-refractivity contribution is 0.627. The van der Waals surface area contributed by atoms with Gasteiger partial charge in [0.05, 0.1) is 0 Å². The zero-order chi connectivity index (χ0) is 14.3. The maximum atomic E-state index is 5.49. The molecule has 0 spiro atoms. The van der Waals surface area contributed by atoms with E-state index >= 15 is 0 Å². The smallest absolute Gasteiger partial charge is 0.0314 e. The van der Waals surface area contributed by atoms with Crippen LogP contribution >= 0.6 is 24.6 Å². The highest BCUT2D eigenvalue weighted by atomic mass is 32.2. The van der Waals surface area contributed by atoms with E-state index in [4.69, 9.17) is 5.73 Å². The van der Waals surface area contributed by atoms with Gasteiger partial charge in [-0.05, 0) is 55.4 Å². The lowest BCUT2D eigenvalue weighted by Gasteiger charge is -1.97. The first-order valence-corrected chi connectivity index (χ1v) is 8.49. The molecule has 0 radical (unpaired) electrons. The van der Waals surface area contributed by atoms with E-state index in [0.717, 1.165) is 11.4 Å². The van der Waals surface area contributed by atoms with Crippen LogP contribution in [0.2, 0.25) is 0 Å². The van der Waals surface area contributed by atoms with Crippen molar-refractivity contribution in [2.75, 3.05) is 18.5 Å². The topological polar surface area (TPSA) is 38.0 Å². The maximum absolute atomic E-state index is 5.49. The standard InChI is InChI=1S/C8H18S.C7H10N2S/c1-2-3-4-5-6-7-8-9;1-9-10-7-4-2-6(8)3-5-7/h9H,2-8H2,1H3;2-5,9H,8H2,1H3. The van der Waals surface area contributed by atoms with Gasteiger partial charge in [-0.25, -0.2) is 0 Å². The molecule has 0 aliphatic heterocycles. The summed E-state index contributed by atoms with van der Waals surface area (Å²) in [5.74, 6) is 1.06. The van der Waals surface area contributed by atoms with Crippen molar-refractivity contribution in [3.8, 4) is 0 Å². The van der Waals surface area contributed by atoms with Crippen LogP contribution in [0, 0.1) is 0 Å². The van der Waals surface area contributed by atoms with Crippen molar-refractivity contribution in [2.45, 2.75) is 50.3 Å². The van der Waals surface area contributed by atoms with E-state index in [1.165, 1.54) is 43.4 Å². The van der Waals surface area contributed by atoms with E-state index in [1.807, 2.05) is 31.3 Å². The molecule has 3 N–H and O–H groups in total. The van der Waals surface area contributed by atoms with Crippen LogP contribution in [0.4, 0.5) is 5.69 Å². The molecule has 0 aliphatic carbocycles. The maximum Gasteiger partial charge on any atom is 0.0314 e. The minimum absolute atomic E-state index is 0.806. The normalized spacial score (nSPS) is 9.84. The molecule has 0 heterocycles. The van der Waals surface area contributed by atoms with Gasteiger partial charge in [0.15, 0.2) is 0 Å². The second-order valence-electron chi connectivity index (χ2n) is 4.37. The third kappa shape index (κ3) is 12.5. The highest BCUT2D eigenvalue weighted by molar-refractivity contribution is 7.97. The fraction of sp³-hybridized carbons (Fsp3) is 0.600. The van der Waals surface area contributed by atoms with Crippen LogP contribution in [-0.4, -0.2) is 12.8 Å². The first kappa shape index (κ1) is 18.7. The summed E-state index contributed by atoms with van der Waals surface area (Å²) in [6.07, 6.45) is 8.27. The van der Waals surface area contributed by atoms with E-state index < -0.39 is 0 Å². The average molecular weight is 301 g/mol. The summed E-state index contributed by atoms with van der Waals surface area (Å²) in [5, 5.41) is 0. The van der Waals surface area contributed by atoms with Gasteiger partial charge in [0.25, 0.3) is 0 Å². The van der Waals surface area contributed by atoms with Crippen LogP contribution < -0.4 is 10.5 Å². The van der Waals surface area contributed by atoms with Gasteiger partial charge in [0.2, 0.25) is 0 Å². The SMILES string of the molecule is CCCCCCCCS.CNSc1ccc(N)cc1. The lowest BCUT2D eigenvalue weighted by atomic mass is 10.1. The fourth-order valence-electron chi connectivity index (χ4n) is 1.55. The van der Waals surface area contributed by atoms with Crippen molar-refractivity contribution in [1.29, 1.82) is 0 Å². The van der Waals surface area contributed by atoms with Crippen molar-refractivity contribution in [1.82, 2.24) is 4.72 Å². The molecule has 0 unspecified atom stereocenters. The Bertz CT molecular complexity index is 283. The molecule has 0 aliphatic rings. The van der Waals surface area contributed by atoms with Crippen LogP contribution in [0.3, 0.4) is 0 Å². The zero-order valence-corrected chi connectivity index (χ0v) is 13.9. The number of nitrogen functional groups attached to an aromatic ring is 1. The number of unbranched alkanes of at least 4 members (excludes halogenated alkanes) is 5. The van der Waals surface area contributed by atoms with Gasteiger partial charge in [-0.15, -0.1) is 0 Å². The van der Waals surface area contributed by atoms with Gasteiger partial charge >= 0.3 is 0 Å². The highest BCUT2D eigenvalue weighted by Gasteiger charge is 1.88. The summed E-state index contributed by atoms with van der Waals surface area (Å²) in [6, 6.07) is 7.74. The zero-order valence-electron chi connectivity index (χ0n) is 12.2. The highest BCUT2D eigenvalue weighted by Crippen LogP contribution is 2.14. The summed E-state index contributed by atoms with van der Waals surface area (Å²) < 4.78 is 2.98. The van der Waals surface area contributed by atoms with Gasteiger partial charge in [0.1, 0.15) is 0 Å². The third-order valence-corrected chi connectivity index (χ3v) is 3.64. The molecule has 4 heteroatoms. The molecular weight excluding hydrogens is 272 g/mol. The van der Waals surface area contributed by atoms with Crippen LogP contribution in [0.5, 0.6) is 0 Å². The Kier molecular flexibility index (Phi) is 13.9. The average Bonchev–Trinajstić information content (AvgIpc) is 2.42. The predicted molar refractivity (Wildman–Crippen MR) is 93.0 cm³/mol. The fourth-order valence-corrected chi connectivity index (χ4v) is 2.28. The van der Waals surface area contributed by atoms with E-state index in [1.54, 1.807) is 11.9 Å². The van der Waals surface area contributed by atoms with Gasteiger partial charge in [-0.2, -0.15) is 12.6 Å². The molecule has 1 rings (SSSR count). The second-order valence-corrected chi connectivity index (χ2v) is 5.90. The Balaban J connectivity index is 0.000000344. The van der Waals surface area contributed by atoms with Crippen molar-refractivity contribution in [3.63, 3.8) is 0 Å². The molecule has 0 saturated carbocycles. The van der Waals surface area contributed by atoms with Crippen molar-refractivity contribution in [2.24, 2.45) is 0 Å². The number of nitrogens with one attached hydrogen (secondary N) is 1. The molecule has 0 bridgehead atoms. The minimum atomic E-state index is 0.806. The van der Waals surface area contributed by atoms with E-state index in [-0.39, 0.29) is 0 Å². The molecule has 19 heavy (non-hydrogen) atoms. The number of nitrogens with two attached hydrogens (primary N) is 1. The second kappa shape index (κ2) is 14.1. The molecule has 0 amide bonds. The molecule has 1 aromatic rings. The number of thiol groups is 1. The van der Waals surface area contributed by atoms with Crippen molar-refractivity contribution < 1.29 is 0 Å². The van der Waals surface area contributed by atoms with Crippen LogP contribution in [0.15, 0.2) is 29.2 Å². The lowest BCUT2D eigenvalue weighted by Crippen LogP contribution is -1.90. The molecule has 2 nitrogen and oxygen atoms in total. The molecule has 1 aromatic carbocycles. The Morgan fingerprint density at radius 3 is 2.16 bits per heavy atom. The summed E-state index contributed by atoms with van der Waals surface area (Å²) in [6.45, 7) is 2.25. The van der Waals surface area contributed by atoms with Gasteiger partial charge in [-0.1, -0.05) is 39.0 Å². The Morgan fingerprint density at radius 1 is 1.05 bits per heavy atom. The van der Waals surface area contributed by atoms with E-state index in [0.29, 0.717) is 0 Å². The van der Waals surface area contributed by atoms with Crippen molar-refractivity contribution >= 4 is 30.3 Å². The Hall–Kier alpha value is -0.320. The first-order valence-electron chi connectivity index (χ1n) is 7.04. The summed E-state index contributed by atoms with van der Waals surface area (Å²) >= 11 is 5.72. The quantitative estimate of drug-likeness (QED) is 0.280. The number of hydrogen-bond donors (Lipinski definition) is 3. The van der Waals surface area contributed by atoms with Gasteiger partial charge < -0.3 is 5.73 Å². The third-order valence-electron chi connectivity index (χ3n) is 2.61. The molecular formula is C15H28N2S2. The van der Waals surface area contributed by atoms with Crippen LogP contribution in [0.25, 0.3) is 0 Å². The van der Waals surface area contributed by atoms with Crippen molar-refractivity contribution in [3.05, 3.63) is 24.3 Å². The molecule has 0 aromatic heterocycles. The van der Waals surface area contributed by atoms with Crippen LogP contribution in [-0.2, 0) is 0 Å². The Morgan fingerprint density at radius 2 is 1.63 bits per heavy atom. The van der Waals surface area contributed by atoms with E-state index in [2.05, 4.69) is 24.3 Å². The monoisotopic (exact) mass is 300 g/mol. The summed E-state index contributed by atoms with van der Waals surface area (Å²) in [7, 11) is 1.89. The van der Waals surface area contributed by atoms with Gasteiger partial charge in [0, 0.05) is 10.6 Å². The summed E-state index contributed by atoms with van der Waals surface area (Å²) in [4.78, 5) is 1.18. The largest absolute Gasteiger partial charge is 0.399 e. The Labute approximate surface area is 128 Å². The minimum Gasteiger partial charge on any atom is -0.399 e. The number of hydrogen-bond acceptors (Lipinski definition) is 4.